The number of allylic oxidation sites excluding steroid dienone is 4. The molecule has 0 bridgehead atoms. The number of halogens is 2. The van der Waals surface area contributed by atoms with Gasteiger partial charge in [0, 0.05) is 24.4 Å². The van der Waals surface area contributed by atoms with Crippen molar-refractivity contribution in [3.8, 4) is 0 Å². The molecule has 7 heteroatoms. The molecule has 5 aliphatic rings. The molecule has 0 aromatic heterocycles. The highest BCUT2D eigenvalue weighted by Gasteiger charge is 2.78. The van der Waals surface area contributed by atoms with Crippen molar-refractivity contribution >= 4 is 11.6 Å². The Hall–Kier alpha value is -1.44. The van der Waals surface area contributed by atoms with Crippen LogP contribution in [0.25, 0.3) is 0 Å². The van der Waals surface area contributed by atoms with E-state index in [1.54, 1.807) is 6.92 Å². The van der Waals surface area contributed by atoms with Crippen molar-refractivity contribution in [3.05, 3.63) is 23.8 Å². The van der Waals surface area contributed by atoms with Crippen LogP contribution in [0.3, 0.4) is 0 Å². The topological polar surface area (TPSA) is 77.8 Å². The maximum Gasteiger partial charge on any atom is 0.178 e. The van der Waals surface area contributed by atoms with E-state index < -0.39 is 46.7 Å². The SMILES string of the molecule is CC(C)(C)CCN1CC2CC3C4CC(F)C5=CC(=O)C=CC5(C)C4(F)C(O)CC3(C)C2(C(=O)CO)C1. The first-order chi connectivity index (χ1) is 16.6. The summed E-state index contributed by atoms with van der Waals surface area (Å²) in [5, 5.41) is 21.7. The monoisotopic (exact) mass is 505 g/mol. The fraction of sp³-hybridized carbons (Fsp3) is 0.793. The predicted octanol–water partition coefficient (Wildman–Crippen LogP) is 3.83. The van der Waals surface area contributed by atoms with Crippen molar-refractivity contribution in [1.82, 2.24) is 4.90 Å². The van der Waals surface area contributed by atoms with Crippen molar-refractivity contribution < 1.29 is 28.6 Å². The Morgan fingerprint density at radius 2 is 1.92 bits per heavy atom. The number of aliphatic hydroxyl groups is 2. The number of carbonyl (C=O) groups excluding carboxylic acids is 2. The van der Waals surface area contributed by atoms with E-state index in [4.69, 9.17) is 0 Å². The van der Waals surface area contributed by atoms with Gasteiger partial charge in [-0.15, -0.1) is 0 Å². The lowest BCUT2D eigenvalue weighted by Gasteiger charge is -2.63. The van der Waals surface area contributed by atoms with E-state index in [0.29, 0.717) is 19.5 Å². The molecule has 200 valence electrons. The van der Waals surface area contributed by atoms with Crippen LogP contribution in [0, 0.1) is 39.4 Å². The Bertz CT molecular complexity index is 1030. The number of hydrogen-bond donors (Lipinski definition) is 2. The van der Waals surface area contributed by atoms with Crippen molar-refractivity contribution in [3.63, 3.8) is 0 Å². The highest BCUT2D eigenvalue weighted by Crippen LogP contribution is 2.74. The minimum Gasteiger partial charge on any atom is -0.390 e. The molecule has 1 heterocycles. The van der Waals surface area contributed by atoms with Gasteiger partial charge in [-0.05, 0) is 79.5 Å². The largest absolute Gasteiger partial charge is 0.390 e. The molecule has 4 aliphatic carbocycles. The van der Waals surface area contributed by atoms with Gasteiger partial charge >= 0.3 is 0 Å². The zero-order valence-corrected chi connectivity index (χ0v) is 22.2. The van der Waals surface area contributed by atoms with Crippen LogP contribution in [0.1, 0.15) is 60.3 Å². The van der Waals surface area contributed by atoms with Gasteiger partial charge in [-0.1, -0.05) is 33.8 Å². The number of Topliss-reactive ketones (excluding diaryl/α,β-unsaturated/α-hetero) is 1. The molecule has 0 aromatic carbocycles. The summed E-state index contributed by atoms with van der Waals surface area (Å²) in [6.45, 7) is 11.5. The van der Waals surface area contributed by atoms with E-state index in [9.17, 15) is 19.8 Å². The van der Waals surface area contributed by atoms with Crippen molar-refractivity contribution in [2.75, 3.05) is 26.2 Å². The van der Waals surface area contributed by atoms with Crippen LogP contribution in [0.4, 0.5) is 8.78 Å². The Labute approximate surface area is 213 Å². The van der Waals surface area contributed by atoms with Crippen molar-refractivity contribution in [2.24, 2.45) is 39.4 Å². The number of ketones is 2. The first kappa shape index (κ1) is 26.2. The van der Waals surface area contributed by atoms with Gasteiger partial charge in [-0.3, -0.25) is 9.59 Å². The lowest BCUT2D eigenvalue weighted by atomic mass is 9.43. The average Bonchev–Trinajstić information content (AvgIpc) is 3.28. The minimum absolute atomic E-state index is 0.0711. The zero-order valence-electron chi connectivity index (χ0n) is 22.2. The molecule has 0 amide bonds. The van der Waals surface area contributed by atoms with E-state index in [-0.39, 0.29) is 47.2 Å². The van der Waals surface area contributed by atoms with Gasteiger partial charge in [0.15, 0.2) is 17.2 Å². The molecular weight excluding hydrogens is 464 g/mol. The van der Waals surface area contributed by atoms with Gasteiger partial charge in [-0.2, -0.15) is 0 Å². The number of alkyl halides is 2. The molecule has 5 rings (SSSR count). The number of carbonyl (C=O) groups is 2. The van der Waals surface area contributed by atoms with Gasteiger partial charge in [-0.25, -0.2) is 8.78 Å². The van der Waals surface area contributed by atoms with E-state index >= 15 is 8.78 Å². The summed E-state index contributed by atoms with van der Waals surface area (Å²) in [6, 6.07) is 0. The number of fused-ring (bicyclic) bond motifs is 7. The molecule has 4 fully saturated rings. The third kappa shape index (κ3) is 3.21. The molecule has 5 nitrogen and oxygen atoms in total. The summed E-state index contributed by atoms with van der Waals surface area (Å²) in [5.41, 5.74) is -4.97. The van der Waals surface area contributed by atoms with Gasteiger partial charge in [0.05, 0.1) is 11.5 Å². The highest BCUT2D eigenvalue weighted by atomic mass is 19.1. The summed E-state index contributed by atoms with van der Waals surface area (Å²) in [5.74, 6) is -1.78. The number of hydrogen-bond acceptors (Lipinski definition) is 5. The number of nitrogens with zero attached hydrogens (tertiary/aromatic N) is 1. The molecule has 9 atom stereocenters. The third-order valence-electron chi connectivity index (χ3n) is 11.0. The fourth-order valence-corrected chi connectivity index (χ4v) is 9.18. The summed E-state index contributed by atoms with van der Waals surface area (Å²) < 4.78 is 33.0. The van der Waals surface area contributed by atoms with E-state index in [2.05, 4.69) is 25.7 Å². The van der Waals surface area contributed by atoms with E-state index in [0.717, 1.165) is 13.0 Å². The van der Waals surface area contributed by atoms with Crippen LogP contribution in [0.2, 0.25) is 0 Å². The van der Waals surface area contributed by atoms with Crippen LogP contribution in [0.15, 0.2) is 23.8 Å². The van der Waals surface area contributed by atoms with Crippen molar-refractivity contribution in [1.29, 1.82) is 0 Å². The Morgan fingerprint density at radius 3 is 2.56 bits per heavy atom. The van der Waals surface area contributed by atoms with E-state index in [1.165, 1.54) is 18.2 Å². The van der Waals surface area contributed by atoms with Gasteiger partial charge in [0.1, 0.15) is 12.8 Å². The minimum atomic E-state index is -2.14. The van der Waals surface area contributed by atoms with Crippen LogP contribution < -0.4 is 0 Å². The van der Waals surface area contributed by atoms with Crippen molar-refractivity contribution in [2.45, 2.75) is 78.2 Å². The third-order valence-corrected chi connectivity index (χ3v) is 11.0. The second kappa shape index (κ2) is 8.03. The predicted molar refractivity (Wildman–Crippen MR) is 133 cm³/mol. The first-order valence-corrected chi connectivity index (χ1v) is 13.5. The first-order valence-electron chi connectivity index (χ1n) is 13.5. The second-order valence-electron chi connectivity index (χ2n) is 13.9. The number of rotatable bonds is 4. The summed E-state index contributed by atoms with van der Waals surface area (Å²) in [4.78, 5) is 27.9. The molecular formula is C29H41F2NO4. The van der Waals surface area contributed by atoms with Gasteiger partial charge in [0.25, 0.3) is 0 Å². The van der Waals surface area contributed by atoms with Crippen LogP contribution >= 0.6 is 0 Å². The molecule has 0 spiro atoms. The average molecular weight is 506 g/mol. The molecule has 9 unspecified atom stereocenters. The van der Waals surface area contributed by atoms with Crippen LogP contribution in [-0.2, 0) is 9.59 Å². The number of likely N-dealkylation sites (tertiary alicyclic amines) is 1. The Kier molecular flexibility index (Phi) is 5.84. The van der Waals surface area contributed by atoms with Gasteiger partial charge in [0.2, 0.25) is 0 Å². The Morgan fingerprint density at radius 1 is 1.22 bits per heavy atom. The smallest absolute Gasteiger partial charge is 0.178 e. The summed E-state index contributed by atoms with van der Waals surface area (Å²) >= 11 is 0. The summed E-state index contributed by atoms with van der Waals surface area (Å²) in [6.07, 6.45) is 2.53. The lowest BCUT2D eigenvalue weighted by Crippen LogP contribution is -2.69. The Balaban J connectivity index is 1.55. The molecule has 3 saturated carbocycles. The molecule has 1 aliphatic heterocycles. The normalized spacial score (nSPS) is 48.2. The maximum atomic E-state index is 17.4. The standard InChI is InChI=1S/C29H41F2NO4/c1-25(2,3)8-9-32-14-17-10-19-20-12-22(30)21-11-18(34)6-7-26(21,4)29(20,31)23(35)13-27(19,5)28(17,16-32)24(36)15-33/h6-7,11,17,19-20,22-23,33,35H,8-10,12-16H2,1-5H3. The highest BCUT2D eigenvalue weighted by molar-refractivity contribution is 6.01. The van der Waals surface area contributed by atoms with Crippen LogP contribution in [-0.4, -0.2) is 70.9 Å². The van der Waals surface area contributed by atoms with Crippen LogP contribution in [0.5, 0.6) is 0 Å². The molecule has 0 aromatic rings. The van der Waals surface area contributed by atoms with Gasteiger partial charge < -0.3 is 15.1 Å². The molecule has 0 radical (unpaired) electrons. The number of aliphatic hydroxyl groups excluding tert-OH is 2. The molecule has 1 saturated heterocycles. The maximum absolute atomic E-state index is 17.4. The lowest BCUT2D eigenvalue weighted by molar-refractivity contribution is -0.212. The molecule has 36 heavy (non-hydrogen) atoms. The zero-order chi connectivity index (χ0) is 26.5. The fourth-order valence-electron chi connectivity index (χ4n) is 9.18. The quantitative estimate of drug-likeness (QED) is 0.607. The molecule has 2 N–H and O–H groups in total. The summed E-state index contributed by atoms with van der Waals surface area (Å²) in [7, 11) is 0. The second-order valence-corrected chi connectivity index (χ2v) is 13.9. The van der Waals surface area contributed by atoms with E-state index in [1.807, 2.05) is 6.92 Å².